The molecule has 1 saturated heterocycles. The van der Waals surface area contributed by atoms with Crippen molar-refractivity contribution in [2.45, 2.75) is 38.0 Å². The Labute approximate surface area is 207 Å². The second-order valence-corrected chi connectivity index (χ2v) is 9.32. The van der Waals surface area contributed by atoms with Crippen molar-refractivity contribution in [2.24, 2.45) is 5.92 Å². The van der Waals surface area contributed by atoms with Gasteiger partial charge < -0.3 is 10.6 Å². The van der Waals surface area contributed by atoms with E-state index in [1.807, 2.05) is 30.3 Å². The lowest BCUT2D eigenvalue weighted by Gasteiger charge is -2.40. The number of aromatic nitrogens is 2. The maximum absolute atomic E-state index is 12.8. The highest BCUT2D eigenvalue weighted by Gasteiger charge is 2.38. The van der Waals surface area contributed by atoms with Crippen LogP contribution in [-0.2, 0) is 4.79 Å². The number of carbonyl (C=O) groups is 2. The van der Waals surface area contributed by atoms with Gasteiger partial charge in [-0.05, 0) is 31.0 Å². The third-order valence-electron chi connectivity index (χ3n) is 6.22. The van der Waals surface area contributed by atoms with Crippen molar-refractivity contribution >= 4 is 46.6 Å². The molecule has 8 nitrogen and oxygen atoms in total. The van der Waals surface area contributed by atoms with E-state index >= 15 is 0 Å². The van der Waals surface area contributed by atoms with Gasteiger partial charge in [0, 0.05) is 23.4 Å². The molecule has 1 aliphatic carbocycles. The first-order chi connectivity index (χ1) is 16.5. The monoisotopic (exact) mass is 498 g/mol. The Hall–Kier alpha value is -3.07. The fourth-order valence-electron chi connectivity index (χ4n) is 4.55. The Morgan fingerprint density at radius 1 is 1.00 bits per heavy atom. The van der Waals surface area contributed by atoms with Crippen LogP contribution in [0, 0.1) is 5.92 Å². The molecule has 3 unspecified atom stereocenters. The van der Waals surface area contributed by atoms with E-state index in [0.29, 0.717) is 27.2 Å². The molecular formula is C24H24Cl2N6O2. The van der Waals surface area contributed by atoms with Crippen LogP contribution in [0.2, 0.25) is 10.0 Å². The first-order valence-electron chi connectivity index (χ1n) is 11.2. The Kier molecular flexibility index (Phi) is 6.45. The minimum atomic E-state index is -0.579. The quantitative estimate of drug-likeness (QED) is 0.395. The van der Waals surface area contributed by atoms with E-state index in [0.717, 1.165) is 31.2 Å². The summed E-state index contributed by atoms with van der Waals surface area (Å²) in [6.07, 6.45) is 3.37. The molecule has 3 aromatic rings. The van der Waals surface area contributed by atoms with Crippen LogP contribution >= 0.6 is 23.2 Å². The molecule has 1 aromatic heterocycles. The van der Waals surface area contributed by atoms with Gasteiger partial charge in [0.1, 0.15) is 5.82 Å². The SMILES string of the molecule is O=C(Nc1ccc(Cl)c(Cl)c1)Nc1cc(-c2ccccc2)nn1C1NC(=O)C2CCCCC2N1. The first-order valence-corrected chi connectivity index (χ1v) is 12.0. The third-order valence-corrected chi connectivity index (χ3v) is 6.96. The van der Waals surface area contributed by atoms with E-state index in [2.05, 4.69) is 21.3 Å². The Balaban J connectivity index is 1.42. The van der Waals surface area contributed by atoms with Gasteiger partial charge in [0.25, 0.3) is 0 Å². The number of hydrogen-bond donors (Lipinski definition) is 4. The number of fused-ring (bicyclic) bond motifs is 1. The molecule has 0 spiro atoms. The maximum atomic E-state index is 12.8. The Bertz CT molecular complexity index is 1220. The van der Waals surface area contributed by atoms with E-state index in [1.54, 1.807) is 28.9 Å². The molecule has 10 heteroatoms. The number of nitrogens with one attached hydrogen (secondary N) is 4. The number of urea groups is 1. The van der Waals surface area contributed by atoms with Crippen molar-refractivity contribution < 1.29 is 9.59 Å². The second kappa shape index (κ2) is 9.66. The Morgan fingerprint density at radius 2 is 1.79 bits per heavy atom. The predicted molar refractivity (Wildman–Crippen MR) is 133 cm³/mol. The van der Waals surface area contributed by atoms with Crippen molar-refractivity contribution in [2.75, 3.05) is 10.6 Å². The zero-order chi connectivity index (χ0) is 23.7. The Morgan fingerprint density at radius 3 is 2.59 bits per heavy atom. The van der Waals surface area contributed by atoms with Crippen molar-refractivity contribution in [3.05, 3.63) is 64.6 Å². The van der Waals surface area contributed by atoms with Gasteiger partial charge in [0.15, 0.2) is 6.29 Å². The molecule has 2 aromatic carbocycles. The van der Waals surface area contributed by atoms with Crippen LogP contribution in [-0.4, -0.2) is 27.8 Å². The van der Waals surface area contributed by atoms with Gasteiger partial charge in [-0.15, -0.1) is 0 Å². The normalized spacial score (nSPS) is 21.9. The summed E-state index contributed by atoms with van der Waals surface area (Å²) in [7, 11) is 0. The van der Waals surface area contributed by atoms with Crippen LogP contribution in [0.1, 0.15) is 32.0 Å². The average Bonchev–Trinajstić information content (AvgIpc) is 3.25. The van der Waals surface area contributed by atoms with Gasteiger partial charge in [-0.1, -0.05) is 66.4 Å². The highest BCUT2D eigenvalue weighted by molar-refractivity contribution is 6.42. The summed E-state index contributed by atoms with van der Waals surface area (Å²) in [6, 6.07) is 15.9. The second-order valence-electron chi connectivity index (χ2n) is 8.51. The summed E-state index contributed by atoms with van der Waals surface area (Å²) in [5.74, 6) is 0.406. The molecule has 1 aliphatic heterocycles. The number of carbonyl (C=O) groups excluding carboxylic acids is 2. The summed E-state index contributed by atoms with van der Waals surface area (Å²) in [4.78, 5) is 25.6. The van der Waals surface area contributed by atoms with Gasteiger partial charge >= 0.3 is 6.03 Å². The first kappa shape index (κ1) is 22.7. The molecule has 34 heavy (non-hydrogen) atoms. The summed E-state index contributed by atoms with van der Waals surface area (Å²) in [6.45, 7) is 0. The van der Waals surface area contributed by atoms with E-state index in [9.17, 15) is 9.59 Å². The van der Waals surface area contributed by atoms with Crippen LogP contribution < -0.4 is 21.3 Å². The lowest BCUT2D eigenvalue weighted by Crippen LogP contribution is -2.59. The largest absolute Gasteiger partial charge is 0.324 e. The van der Waals surface area contributed by atoms with Crippen LogP contribution in [0.15, 0.2) is 54.6 Å². The summed E-state index contributed by atoms with van der Waals surface area (Å²) < 4.78 is 1.61. The van der Waals surface area contributed by atoms with E-state index in [4.69, 9.17) is 28.3 Å². The highest BCUT2D eigenvalue weighted by Crippen LogP contribution is 2.31. The van der Waals surface area contributed by atoms with Crippen molar-refractivity contribution in [1.82, 2.24) is 20.4 Å². The van der Waals surface area contributed by atoms with E-state index in [-0.39, 0.29) is 17.9 Å². The molecule has 0 radical (unpaired) electrons. The molecule has 0 bridgehead atoms. The van der Waals surface area contributed by atoms with Gasteiger partial charge in [-0.3, -0.25) is 15.4 Å². The molecule has 2 fully saturated rings. The van der Waals surface area contributed by atoms with Crippen LogP contribution in [0.5, 0.6) is 0 Å². The molecular weight excluding hydrogens is 475 g/mol. The topological polar surface area (TPSA) is 100 Å². The molecule has 5 rings (SSSR count). The number of nitrogens with zero attached hydrogens (tertiary/aromatic N) is 2. The number of benzene rings is 2. The molecule has 2 heterocycles. The zero-order valence-corrected chi connectivity index (χ0v) is 19.7. The van der Waals surface area contributed by atoms with Gasteiger partial charge in [0.2, 0.25) is 5.91 Å². The fourth-order valence-corrected chi connectivity index (χ4v) is 4.85. The van der Waals surface area contributed by atoms with E-state index < -0.39 is 12.3 Å². The number of hydrogen-bond acceptors (Lipinski definition) is 4. The molecule has 1 saturated carbocycles. The highest BCUT2D eigenvalue weighted by atomic mass is 35.5. The van der Waals surface area contributed by atoms with Gasteiger partial charge in [-0.2, -0.15) is 5.10 Å². The van der Waals surface area contributed by atoms with Crippen molar-refractivity contribution in [3.63, 3.8) is 0 Å². The molecule has 176 valence electrons. The summed E-state index contributed by atoms with van der Waals surface area (Å²) in [5.41, 5.74) is 2.06. The average molecular weight is 499 g/mol. The standard InChI is InChI=1S/C24H24Cl2N6O2/c25-17-11-10-15(12-18(17)26)27-24(34)29-21-13-20(14-6-2-1-3-7-14)31-32(21)23-28-19-9-5-4-8-16(19)22(33)30-23/h1-3,6-7,10-13,16,19,23,28H,4-5,8-9H2,(H,30,33)(H2,27,29,34). The number of rotatable bonds is 4. The molecule has 2 aliphatic rings. The van der Waals surface area contributed by atoms with Gasteiger partial charge in [0.05, 0.1) is 21.7 Å². The third kappa shape index (κ3) is 4.75. The molecule has 4 N–H and O–H groups in total. The smallest absolute Gasteiger partial charge is 0.322 e. The molecule has 3 atom stereocenters. The van der Waals surface area contributed by atoms with Crippen molar-refractivity contribution in [1.29, 1.82) is 0 Å². The van der Waals surface area contributed by atoms with E-state index in [1.165, 1.54) is 0 Å². The van der Waals surface area contributed by atoms with Gasteiger partial charge in [-0.25, -0.2) is 9.48 Å². The fraction of sp³-hybridized carbons (Fsp3) is 0.292. The lowest BCUT2D eigenvalue weighted by atomic mass is 9.83. The zero-order valence-electron chi connectivity index (χ0n) is 18.2. The minimum Gasteiger partial charge on any atom is -0.322 e. The van der Waals surface area contributed by atoms with Crippen LogP contribution in [0.4, 0.5) is 16.3 Å². The van der Waals surface area contributed by atoms with Crippen LogP contribution in [0.3, 0.4) is 0 Å². The minimum absolute atomic E-state index is 0.0106. The summed E-state index contributed by atoms with van der Waals surface area (Å²) in [5, 5.41) is 17.6. The number of anilines is 2. The summed E-state index contributed by atoms with van der Waals surface area (Å²) >= 11 is 12.0. The number of amides is 3. The maximum Gasteiger partial charge on any atom is 0.324 e. The predicted octanol–water partition coefficient (Wildman–Crippen LogP) is 5.24. The molecule has 3 amide bonds. The van der Waals surface area contributed by atoms with Crippen molar-refractivity contribution in [3.8, 4) is 11.3 Å². The van der Waals surface area contributed by atoms with Crippen LogP contribution in [0.25, 0.3) is 11.3 Å². The number of halogens is 2. The lowest BCUT2D eigenvalue weighted by molar-refractivity contribution is -0.132.